The summed E-state index contributed by atoms with van der Waals surface area (Å²) in [4.78, 5) is 14.3. The van der Waals surface area contributed by atoms with Crippen molar-refractivity contribution in [3.8, 4) is 22.3 Å². The normalized spacial score (nSPS) is 13.5. The number of pyridine rings is 3. The molecule has 4 aromatic heterocycles. The molecule has 0 saturated heterocycles. The molecular weight excluding hydrogens is 428 g/mol. The standard InChI is InChI=1S/C31H18N4/c1-2-5-20-17(4-1)12-18-13-19-14-25-21(24(19)15-23(18)20)7-8-22-26-16-32-11-9-28(26)35-30-27(6-3-10-33-30)34-31(35)29(22)25/h1-11,13,15-16H,12,14H2. The lowest BCUT2D eigenvalue weighted by molar-refractivity contribution is 1.21. The highest BCUT2D eigenvalue weighted by atomic mass is 15.1. The summed E-state index contributed by atoms with van der Waals surface area (Å²) < 4.78 is 2.22. The molecule has 4 heterocycles. The molecule has 0 bridgehead atoms. The summed E-state index contributed by atoms with van der Waals surface area (Å²) in [5.41, 5.74) is 15.0. The van der Waals surface area contributed by atoms with E-state index in [0.717, 1.165) is 40.6 Å². The molecule has 35 heavy (non-hydrogen) atoms. The van der Waals surface area contributed by atoms with Gasteiger partial charge in [0.25, 0.3) is 0 Å². The Bertz CT molecular complexity index is 2070. The van der Waals surface area contributed by atoms with Crippen LogP contribution in [0.1, 0.15) is 22.3 Å². The van der Waals surface area contributed by atoms with Gasteiger partial charge in [-0.05, 0) is 87.0 Å². The molecule has 0 spiro atoms. The Morgan fingerprint density at radius 1 is 0.657 bits per heavy atom. The van der Waals surface area contributed by atoms with Gasteiger partial charge in [0.15, 0.2) is 5.65 Å². The summed E-state index contributed by atoms with van der Waals surface area (Å²) in [5.74, 6) is 0. The van der Waals surface area contributed by atoms with E-state index in [9.17, 15) is 0 Å². The highest BCUT2D eigenvalue weighted by Gasteiger charge is 2.28. The number of imidazole rings is 1. The highest BCUT2D eigenvalue weighted by molar-refractivity contribution is 6.16. The minimum absolute atomic E-state index is 0.893. The van der Waals surface area contributed by atoms with Gasteiger partial charge in [0.05, 0.1) is 5.52 Å². The molecule has 7 aromatic rings. The first-order valence-corrected chi connectivity index (χ1v) is 12.0. The fourth-order valence-corrected chi connectivity index (χ4v) is 6.48. The number of benzene rings is 3. The zero-order chi connectivity index (χ0) is 22.7. The average molecular weight is 447 g/mol. The Morgan fingerprint density at radius 2 is 1.57 bits per heavy atom. The maximum atomic E-state index is 5.11. The second-order valence-corrected chi connectivity index (χ2v) is 9.70. The Balaban J connectivity index is 1.41. The first kappa shape index (κ1) is 17.8. The summed E-state index contributed by atoms with van der Waals surface area (Å²) in [6.07, 6.45) is 7.62. The van der Waals surface area contributed by atoms with Crippen molar-refractivity contribution in [3.05, 3.63) is 108 Å². The monoisotopic (exact) mass is 446 g/mol. The molecule has 0 aliphatic heterocycles. The van der Waals surface area contributed by atoms with Gasteiger partial charge in [-0.2, -0.15) is 0 Å². The van der Waals surface area contributed by atoms with Gasteiger partial charge in [-0.3, -0.25) is 9.38 Å². The van der Waals surface area contributed by atoms with E-state index in [4.69, 9.17) is 9.97 Å². The van der Waals surface area contributed by atoms with Gasteiger partial charge >= 0.3 is 0 Å². The number of hydrogen-bond acceptors (Lipinski definition) is 3. The molecule has 3 aromatic carbocycles. The molecule has 0 atom stereocenters. The number of nitrogens with zero attached hydrogens (tertiary/aromatic N) is 4. The minimum Gasteiger partial charge on any atom is -0.276 e. The quantitative estimate of drug-likeness (QED) is 0.243. The fraction of sp³-hybridized carbons (Fsp3) is 0.0645. The van der Waals surface area contributed by atoms with Gasteiger partial charge in [-0.1, -0.05) is 42.5 Å². The maximum Gasteiger partial charge on any atom is 0.164 e. The Kier molecular flexibility index (Phi) is 3.11. The van der Waals surface area contributed by atoms with Crippen LogP contribution < -0.4 is 0 Å². The van der Waals surface area contributed by atoms with Crippen LogP contribution in [0.3, 0.4) is 0 Å². The van der Waals surface area contributed by atoms with Gasteiger partial charge in [0.1, 0.15) is 11.2 Å². The SMILES string of the molecule is c1ccc2c(c1)Cc1cc3c(cc1-2)-c1ccc2c4cnccc4n4c5ncccc5nc4c2c1C3. The average Bonchev–Trinajstić information content (AvgIpc) is 3.58. The van der Waals surface area contributed by atoms with Crippen molar-refractivity contribution in [2.75, 3.05) is 0 Å². The van der Waals surface area contributed by atoms with E-state index < -0.39 is 0 Å². The van der Waals surface area contributed by atoms with Crippen LogP contribution in [0.25, 0.3) is 60.7 Å². The molecule has 162 valence electrons. The molecular formula is C31H18N4. The lowest BCUT2D eigenvalue weighted by Gasteiger charge is -2.12. The van der Waals surface area contributed by atoms with Crippen molar-refractivity contribution >= 4 is 38.5 Å². The van der Waals surface area contributed by atoms with E-state index in [-0.39, 0.29) is 0 Å². The smallest absolute Gasteiger partial charge is 0.164 e. The van der Waals surface area contributed by atoms with Crippen molar-refractivity contribution < 1.29 is 0 Å². The van der Waals surface area contributed by atoms with Crippen LogP contribution in [0.5, 0.6) is 0 Å². The van der Waals surface area contributed by atoms with Crippen LogP contribution in [0.2, 0.25) is 0 Å². The predicted molar refractivity (Wildman–Crippen MR) is 140 cm³/mol. The molecule has 4 heteroatoms. The number of aromatic nitrogens is 4. The third-order valence-corrected chi connectivity index (χ3v) is 7.96. The lowest BCUT2D eigenvalue weighted by atomic mass is 9.96. The highest BCUT2D eigenvalue weighted by Crippen LogP contribution is 2.47. The molecule has 2 aliphatic carbocycles. The summed E-state index contributed by atoms with van der Waals surface area (Å²) in [7, 11) is 0. The molecule has 0 radical (unpaired) electrons. The van der Waals surface area contributed by atoms with Gasteiger partial charge in [-0.25, -0.2) is 9.97 Å². The molecule has 0 fully saturated rings. The zero-order valence-electron chi connectivity index (χ0n) is 18.8. The summed E-state index contributed by atoms with van der Waals surface area (Å²) in [6, 6.07) is 24.3. The van der Waals surface area contributed by atoms with Crippen molar-refractivity contribution in [3.63, 3.8) is 0 Å². The van der Waals surface area contributed by atoms with Crippen LogP contribution in [0.15, 0.2) is 85.3 Å². The second-order valence-electron chi connectivity index (χ2n) is 9.70. The number of rotatable bonds is 0. The third-order valence-electron chi connectivity index (χ3n) is 7.96. The minimum atomic E-state index is 0.893. The number of fused-ring (bicyclic) bond motifs is 15. The van der Waals surface area contributed by atoms with Crippen molar-refractivity contribution in [2.24, 2.45) is 0 Å². The Morgan fingerprint density at radius 3 is 2.57 bits per heavy atom. The third kappa shape index (κ3) is 2.15. The van der Waals surface area contributed by atoms with Gasteiger partial charge < -0.3 is 0 Å². The fourth-order valence-electron chi connectivity index (χ4n) is 6.48. The predicted octanol–water partition coefficient (Wildman–Crippen LogP) is 6.73. The molecule has 0 unspecified atom stereocenters. The van der Waals surface area contributed by atoms with Crippen molar-refractivity contribution in [1.29, 1.82) is 0 Å². The Hall–Kier alpha value is -4.57. The van der Waals surface area contributed by atoms with E-state index in [1.165, 1.54) is 55.3 Å². The van der Waals surface area contributed by atoms with E-state index in [1.54, 1.807) is 0 Å². The molecule has 0 N–H and O–H groups in total. The van der Waals surface area contributed by atoms with Gasteiger partial charge in [0.2, 0.25) is 0 Å². The summed E-state index contributed by atoms with van der Waals surface area (Å²) in [5, 5.41) is 3.56. The van der Waals surface area contributed by atoms with E-state index in [2.05, 4.69) is 64.0 Å². The zero-order valence-corrected chi connectivity index (χ0v) is 18.8. The summed E-state index contributed by atoms with van der Waals surface area (Å²) >= 11 is 0. The van der Waals surface area contributed by atoms with Crippen LogP contribution in [-0.2, 0) is 12.8 Å². The second kappa shape index (κ2) is 6.10. The van der Waals surface area contributed by atoms with Crippen molar-refractivity contribution in [2.45, 2.75) is 12.8 Å². The van der Waals surface area contributed by atoms with Crippen LogP contribution in [0, 0.1) is 0 Å². The van der Waals surface area contributed by atoms with Crippen LogP contribution in [0.4, 0.5) is 0 Å². The van der Waals surface area contributed by atoms with E-state index in [1.807, 2.05) is 30.7 Å². The lowest BCUT2D eigenvalue weighted by Crippen LogP contribution is -1.96. The molecule has 4 nitrogen and oxygen atoms in total. The molecule has 0 saturated carbocycles. The van der Waals surface area contributed by atoms with Crippen LogP contribution >= 0.6 is 0 Å². The van der Waals surface area contributed by atoms with E-state index in [0.29, 0.717) is 0 Å². The topological polar surface area (TPSA) is 43.1 Å². The number of hydrogen-bond donors (Lipinski definition) is 0. The Labute approximate surface area is 200 Å². The largest absolute Gasteiger partial charge is 0.276 e. The first-order valence-electron chi connectivity index (χ1n) is 12.0. The molecule has 9 rings (SSSR count). The first-order chi connectivity index (χ1) is 17.3. The van der Waals surface area contributed by atoms with Crippen LogP contribution in [-0.4, -0.2) is 19.4 Å². The summed E-state index contributed by atoms with van der Waals surface area (Å²) in [6.45, 7) is 0. The molecule has 2 aliphatic rings. The maximum absolute atomic E-state index is 5.11. The van der Waals surface area contributed by atoms with Crippen molar-refractivity contribution in [1.82, 2.24) is 19.4 Å². The molecule has 0 amide bonds. The van der Waals surface area contributed by atoms with E-state index >= 15 is 0 Å². The van der Waals surface area contributed by atoms with Gasteiger partial charge in [-0.15, -0.1) is 0 Å². The van der Waals surface area contributed by atoms with Gasteiger partial charge in [0, 0.05) is 29.4 Å².